The molecule has 0 aliphatic heterocycles. The van der Waals surface area contributed by atoms with E-state index in [9.17, 15) is 0 Å². The molecule has 3 aromatic rings. The number of rotatable bonds is 7. The molecule has 6 heteroatoms. The largest absolute Gasteiger partial charge is 0.370 e. The van der Waals surface area contributed by atoms with E-state index in [1.807, 2.05) is 48.5 Å². The average molecular weight is 340 g/mol. The zero-order valence-corrected chi connectivity index (χ0v) is 13.9. The summed E-state index contributed by atoms with van der Waals surface area (Å²) in [6, 6.07) is 15.5. The highest BCUT2D eigenvalue weighted by atomic mass is 35.5. The second-order valence-electron chi connectivity index (χ2n) is 5.24. The van der Waals surface area contributed by atoms with Gasteiger partial charge in [0.25, 0.3) is 0 Å². The Morgan fingerprint density at radius 3 is 2.54 bits per heavy atom. The Morgan fingerprint density at radius 1 is 0.875 bits per heavy atom. The Hall–Kier alpha value is -2.66. The fraction of sp³-hybridized carbons (Fsp3) is 0.167. The summed E-state index contributed by atoms with van der Waals surface area (Å²) in [5, 5.41) is 7.24. The first-order valence-corrected chi connectivity index (χ1v) is 8.12. The molecule has 0 atom stereocenters. The van der Waals surface area contributed by atoms with Crippen molar-refractivity contribution in [3.8, 4) is 0 Å². The van der Waals surface area contributed by atoms with E-state index in [0.717, 1.165) is 29.5 Å². The lowest BCUT2D eigenvalue weighted by Gasteiger charge is -2.08. The maximum absolute atomic E-state index is 5.89. The number of aromatic nitrogens is 3. The molecule has 0 saturated heterocycles. The summed E-state index contributed by atoms with van der Waals surface area (Å²) in [6.45, 7) is 1.38. The molecule has 1 aromatic carbocycles. The molecular weight excluding hydrogens is 322 g/mol. The van der Waals surface area contributed by atoms with Crippen molar-refractivity contribution in [1.82, 2.24) is 15.0 Å². The van der Waals surface area contributed by atoms with Gasteiger partial charge in [0.15, 0.2) is 0 Å². The van der Waals surface area contributed by atoms with Crippen LogP contribution in [0, 0.1) is 0 Å². The summed E-state index contributed by atoms with van der Waals surface area (Å²) >= 11 is 5.89. The molecule has 0 amide bonds. The molecule has 0 aliphatic carbocycles. The maximum atomic E-state index is 5.89. The van der Waals surface area contributed by atoms with E-state index in [1.165, 1.54) is 5.56 Å². The lowest BCUT2D eigenvalue weighted by atomic mass is 10.1. The molecule has 2 aromatic heterocycles. The van der Waals surface area contributed by atoms with E-state index in [2.05, 4.69) is 25.6 Å². The lowest BCUT2D eigenvalue weighted by molar-refractivity contribution is 0.979. The molecule has 2 N–H and O–H groups in total. The SMILES string of the molecule is Clc1ccc(CCNc2ccnc(NCc3ccccn3)n2)cc1. The van der Waals surface area contributed by atoms with Crippen molar-refractivity contribution in [1.29, 1.82) is 0 Å². The third-order valence-corrected chi connectivity index (χ3v) is 3.69. The Kier molecular flexibility index (Phi) is 5.58. The Morgan fingerprint density at radius 2 is 1.75 bits per heavy atom. The van der Waals surface area contributed by atoms with Crippen LogP contribution in [-0.4, -0.2) is 21.5 Å². The van der Waals surface area contributed by atoms with Gasteiger partial charge in [-0.2, -0.15) is 4.98 Å². The highest BCUT2D eigenvalue weighted by molar-refractivity contribution is 6.30. The highest BCUT2D eigenvalue weighted by Gasteiger charge is 2.00. The zero-order chi connectivity index (χ0) is 16.6. The van der Waals surface area contributed by atoms with Crippen molar-refractivity contribution in [2.24, 2.45) is 0 Å². The van der Waals surface area contributed by atoms with Gasteiger partial charge >= 0.3 is 0 Å². The number of benzene rings is 1. The van der Waals surface area contributed by atoms with Crippen LogP contribution in [0.4, 0.5) is 11.8 Å². The molecule has 0 fully saturated rings. The van der Waals surface area contributed by atoms with Crippen LogP contribution in [0.25, 0.3) is 0 Å². The average Bonchev–Trinajstić information content (AvgIpc) is 2.63. The van der Waals surface area contributed by atoms with Crippen molar-refractivity contribution in [3.05, 3.63) is 77.2 Å². The third kappa shape index (κ3) is 4.93. The predicted molar refractivity (Wildman–Crippen MR) is 97.2 cm³/mol. The number of anilines is 2. The first kappa shape index (κ1) is 16.2. The van der Waals surface area contributed by atoms with Gasteiger partial charge in [0.2, 0.25) is 5.95 Å². The van der Waals surface area contributed by atoms with E-state index in [0.29, 0.717) is 12.5 Å². The van der Waals surface area contributed by atoms with Crippen molar-refractivity contribution in [2.45, 2.75) is 13.0 Å². The molecule has 5 nitrogen and oxygen atoms in total. The first-order valence-electron chi connectivity index (χ1n) is 7.75. The fourth-order valence-electron chi connectivity index (χ4n) is 2.20. The van der Waals surface area contributed by atoms with Gasteiger partial charge in [-0.25, -0.2) is 4.98 Å². The quantitative estimate of drug-likeness (QED) is 0.685. The minimum Gasteiger partial charge on any atom is -0.370 e. The zero-order valence-electron chi connectivity index (χ0n) is 13.1. The molecular formula is C18H18ClN5. The monoisotopic (exact) mass is 339 g/mol. The number of hydrogen-bond acceptors (Lipinski definition) is 5. The normalized spacial score (nSPS) is 10.4. The van der Waals surface area contributed by atoms with Gasteiger partial charge in [-0.15, -0.1) is 0 Å². The van der Waals surface area contributed by atoms with Gasteiger partial charge in [-0.1, -0.05) is 29.8 Å². The van der Waals surface area contributed by atoms with E-state index < -0.39 is 0 Å². The van der Waals surface area contributed by atoms with Gasteiger partial charge in [0.05, 0.1) is 12.2 Å². The lowest BCUT2D eigenvalue weighted by Crippen LogP contribution is -2.09. The predicted octanol–water partition coefficient (Wildman–Crippen LogP) is 3.79. The van der Waals surface area contributed by atoms with Crippen LogP contribution in [-0.2, 0) is 13.0 Å². The number of halogens is 1. The minimum atomic E-state index is 0.581. The van der Waals surface area contributed by atoms with Crippen LogP contribution in [0.15, 0.2) is 60.9 Å². The molecule has 0 unspecified atom stereocenters. The third-order valence-electron chi connectivity index (χ3n) is 3.44. The second kappa shape index (κ2) is 8.26. The Balaban J connectivity index is 1.50. The summed E-state index contributed by atoms with van der Waals surface area (Å²) in [7, 11) is 0. The second-order valence-corrected chi connectivity index (χ2v) is 5.68. The van der Waals surface area contributed by atoms with Crippen LogP contribution < -0.4 is 10.6 Å². The van der Waals surface area contributed by atoms with E-state index in [4.69, 9.17) is 11.6 Å². The molecule has 0 aliphatic rings. The van der Waals surface area contributed by atoms with Gasteiger partial charge in [0.1, 0.15) is 5.82 Å². The summed E-state index contributed by atoms with van der Waals surface area (Å²) < 4.78 is 0. The van der Waals surface area contributed by atoms with Crippen LogP contribution in [0.5, 0.6) is 0 Å². The smallest absolute Gasteiger partial charge is 0.224 e. The Bertz CT molecular complexity index is 762. The highest BCUT2D eigenvalue weighted by Crippen LogP contribution is 2.11. The molecule has 0 spiro atoms. The van der Waals surface area contributed by atoms with Crippen molar-refractivity contribution < 1.29 is 0 Å². The Labute approximate surface area is 146 Å². The molecule has 2 heterocycles. The number of nitrogens with zero attached hydrogens (tertiary/aromatic N) is 3. The molecule has 122 valence electrons. The molecule has 0 radical (unpaired) electrons. The van der Waals surface area contributed by atoms with Crippen LogP contribution >= 0.6 is 11.6 Å². The van der Waals surface area contributed by atoms with Crippen molar-refractivity contribution >= 4 is 23.4 Å². The molecule has 24 heavy (non-hydrogen) atoms. The van der Waals surface area contributed by atoms with Gasteiger partial charge in [-0.05, 0) is 42.3 Å². The first-order chi connectivity index (χ1) is 11.8. The van der Waals surface area contributed by atoms with Crippen molar-refractivity contribution in [3.63, 3.8) is 0 Å². The van der Waals surface area contributed by atoms with Crippen LogP contribution in [0.3, 0.4) is 0 Å². The molecule has 0 saturated carbocycles. The standard InChI is InChI=1S/C18H18ClN5/c19-15-6-4-14(5-7-15)8-11-21-17-9-12-22-18(24-17)23-13-16-3-1-2-10-20-16/h1-7,9-10,12H,8,11,13H2,(H2,21,22,23,24). The van der Waals surface area contributed by atoms with E-state index in [1.54, 1.807) is 12.4 Å². The number of hydrogen-bond donors (Lipinski definition) is 2. The topological polar surface area (TPSA) is 62.7 Å². The van der Waals surface area contributed by atoms with Gasteiger partial charge in [-0.3, -0.25) is 4.98 Å². The van der Waals surface area contributed by atoms with E-state index in [-0.39, 0.29) is 0 Å². The molecule has 3 rings (SSSR count). The van der Waals surface area contributed by atoms with Gasteiger partial charge in [0, 0.05) is 24.0 Å². The number of nitrogens with one attached hydrogen (secondary N) is 2. The van der Waals surface area contributed by atoms with E-state index >= 15 is 0 Å². The summed E-state index contributed by atoms with van der Waals surface area (Å²) in [4.78, 5) is 12.9. The summed E-state index contributed by atoms with van der Waals surface area (Å²) in [6.07, 6.45) is 4.41. The molecule has 0 bridgehead atoms. The fourth-order valence-corrected chi connectivity index (χ4v) is 2.33. The van der Waals surface area contributed by atoms with Crippen LogP contribution in [0.2, 0.25) is 5.02 Å². The maximum Gasteiger partial charge on any atom is 0.224 e. The van der Waals surface area contributed by atoms with Gasteiger partial charge < -0.3 is 10.6 Å². The summed E-state index contributed by atoms with van der Waals surface area (Å²) in [5.41, 5.74) is 2.18. The number of pyridine rings is 1. The van der Waals surface area contributed by atoms with Crippen molar-refractivity contribution in [2.75, 3.05) is 17.2 Å². The minimum absolute atomic E-state index is 0.581. The summed E-state index contributed by atoms with van der Waals surface area (Å²) in [5.74, 6) is 1.37. The van der Waals surface area contributed by atoms with Crippen LogP contribution in [0.1, 0.15) is 11.3 Å².